The molecule has 3 aromatic carbocycles. The lowest BCUT2D eigenvalue weighted by Gasteiger charge is -2.10. The van der Waals surface area contributed by atoms with Crippen LogP contribution in [0.4, 0.5) is 11.5 Å². The number of aromatic amines is 1. The Bertz CT molecular complexity index is 1850. The van der Waals surface area contributed by atoms with Crippen LogP contribution in [0.2, 0.25) is 0 Å². The Morgan fingerprint density at radius 3 is 1.80 bits per heavy atom. The van der Waals surface area contributed by atoms with E-state index in [0.717, 1.165) is 36.2 Å². The van der Waals surface area contributed by atoms with E-state index in [9.17, 15) is 29.4 Å². The standard InChI is InChI=1S/C43H56N4O6S/c1-3-4-5-6-7-8-9-10-11-12-13-14-15-16-17-20-26-44-40(48)32-23-21-24-36(30-32)54-38-39(46-47(41(38)49)37-25-19-18-22-31(37)2)45-35-28-33(42(50)51)27-34(29-35)43(52)53/h18-19,21-25,27-30,45-46H,3-17,20,26H2,1-2H3,(H,44,48)(H,50,51)(H,52,53). The summed E-state index contributed by atoms with van der Waals surface area (Å²) in [5.41, 5.74) is 1.30. The number of carboxylic acid groups (broad SMARTS) is 2. The first kappa shape index (κ1) is 42.0. The van der Waals surface area contributed by atoms with Gasteiger partial charge in [0.1, 0.15) is 10.7 Å². The summed E-state index contributed by atoms with van der Waals surface area (Å²) in [6.45, 7) is 4.73. The van der Waals surface area contributed by atoms with Gasteiger partial charge in [0.15, 0.2) is 0 Å². The van der Waals surface area contributed by atoms with Gasteiger partial charge in [0.25, 0.3) is 11.5 Å². The number of hydrogen-bond donors (Lipinski definition) is 5. The van der Waals surface area contributed by atoms with Gasteiger partial charge in [-0.25, -0.2) is 14.3 Å². The predicted molar refractivity (Wildman–Crippen MR) is 217 cm³/mol. The van der Waals surface area contributed by atoms with Gasteiger partial charge in [-0.1, -0.05) is 139 Å². The summed E-state index contributed by atoms with van der Waals surface area (Å²) in [4.78, 5) is 51.4. The molecule has 0 spiro atoms. The van der Waals surface area contributed by atoms with Crippen LogP contribution in [0, 0.1) is 6.92 Å². The lowest BCUT2D eigenvalue weighted by atomic mass is 10.0. The first-order valence-electron chi connectivity index (χ1n) is 19.5. The van der Waals surface area contributed by atoms with Crippen molar-refractivity contribution in [3.63, 3.8) is 0 Å². The maximum atomic E-state index is 13.9. The Balaban J connectivity index is 1.30. The molecular weight excluding hydrogens is 701 g/mol. The van der Waals surface area contributed by atoms with E-state index >= 15 is 0 Å². The number of benzene rings is 3. The van der Waals surface area contributed by atoms with Crippen LogP contribution in [0.3, 0.4) is 0 Å². The van der Waals surface area contributed by atoms with Crippen molar-refractivity contribution in [2.45, 2.75) is 126 Å². The average molecular weight is 757 g/mol. The number of anilines is 2. The van der Waals surface area contributed by atoms with E-state index in [1.807, 2.05) is 25.1 Å². The third kappa shape index (κ3) is 13.3. The number of carboxylic acids is 2. The Morgan fingerprint density at radius 1 is 0.685 bits per heavy atom. The predicted octanol–water partition coefficient (Wildman–Crippen LogP) is 10.8. The van der Waals surface area contributed by atoms with Gasteiger partial charge in [-0.15, -0.1) is 0 Å². The second-order valence-electron chi connectivity index (χ2n) is 14.0. The maximum absolute atomic E-state index is 13.9. The van der Waals surface area contributed by atoms with Gasteiger partial charge >= 0.3 is 11.9 Å². The van der Waals surface area contributed by atoms with E-state index in [0.29, 0.717) is 22.7 Å². The molecule has 10 nitrogen and oxygen atoms in total. The number of amides is 1. The van der Waals surface area contributed by atoms with Crippen molar-refractivity contribution in [3.05, 3.63) is 99.3 Å². The molecule has 1 aromatic heterocycles. The number of aromatic carboxylic acids is 2. The van der Waals surface area contributed by atoms with Gasteiger partial charge in [-0.05, 0) is 61.4 Å². The second-order valence-corrected chi connectivity index (χ2v) is 15.1. The molecule has 0 atom stereocenters. The summed E-state index contributed by atoms with van der Waals surface area (Å²) < 4.78 is 1.38. The number of para-hydroxylation sites is 1. The molecule has 4 aromatic rings. The van der Waals surface area contributed by atoms with Crippen molar-refractivity contribution in [2.24, 2.45) is 0 Å². The third-order valence-corrected chi connectivity index (χ3v) is 10.6. The van der Waals surface area contributed by atoms with Crippen molar-refractivity contribution in [1.82, 2.24) is 15.1 Å². The molecule has 1 amide bonds. The molecule has 5 N–H and O–H groups in total. The molecule has 0 saturated carbocycles. The summed E-state index contributed by atoms with van der Waals surface area (Å²) in [5, 5.41) is 28.3. The molecule has 0 fully saturated rings. The second kappa shape index (κ2) is 22.4. The minimum atomic E-state index is -1.29. The van der Waals surface area contributed by atoms with Gasteiger partial charge in [0.05, 0.1) is 16.8 Å². The number of carbonyl (C=O) groups is 3. The molecule has 0 bridgehead atoms. The van der Waals surface area contributed by atoms with E-state index in [4.69, 9.17) is 0 Å². The monoisotopic (exact) mass is 756 g/mol. The molecule has 1 heterocycles. The molecule has 0 unspecified atom stereocenters. The fourth-order valence-corrected chi connectivity index (χ4v) is 7.42. The highest BCUT2D eigenvalue weighted by atomic mass is 32.2. The quantitative estimate of drug-likeness (QED) is 0.0419. The van der Waals surface area contributed by atoms with Gasteiger partial charge < -0.3 is 20.8 Å². The summed E-state index contributed by atoms with van der Waals surface area (Å²) in [5.74, 6) is -2.52. The first-order chi connectivity index (χ1) is 26.2. The Hall–Kier alpha value is -4.77. The SMILES string of the molecule is CCCCCCCCCCCCCCCCCCNC(=O)c1cccc(Sc2c(Nc3cc(C(=O)O)cc(C(=O)O)c3)[nH]n(-c3ccccc3C)c2=O)c1. The number of hydrogen-bond acceptors (Lipinski definition) is 6. The Labute approximate surface area is 323 Å². The Kier molecular flexibility index (Phi) is 17.4. The highest BCUT2D eigenvalue weighted by Gasteiger charge is 2.20. The zero-order valence-corrected chi connectivity index (χ0v) is 32.6. The number of nitrogens with one attached hydrogen (secondary N) is 3. The molecule has 0 aliphatic carbocycles. The number of aromatic nitrogens is 2. The van der Waals surface area contributed by atoms with E-state index in [2.05, 4.69) is 22.7 Å². The molecule has 0 saturated heterocycles. The van der Waals surface area contributed by atoms with Crippen LogP contribution in [-0.4, -0.2) is 44.4 Å². The largest absolute Gasteiger partial charge is 0.478 e. The zero-order chi connectivity index (χ0) is 38.7. The average Bonchev–Trinajstić information content (AvgIpc) is 3.45. The van der Waals surface area contributed by atoms with E-state index < -0.39 is 11.9 Å². The van der Waals surface area contributed by atoms with Crippen LogP contribution in [0.15, 0.2) is 81.3 Å². The van der Waals surface area contributed by atoms with Crippen LogP contribution in [0.5, 0.6) is 0 Å². The van der Waals surface area contributed by atoms with Crippen LogP contribution < -0.4 is 16.2 Å². The smallest absolute Gasteiger partial charge is 0.335 e. The summed E-state index contributed by atoms with van der Waals surface area (Å²) in [6.07, 6.45) is 20.7. The van der Waals surface area contributed by atoms with Crippen molar-refractivity contribution >= 4 is 41.1 Å². The van der Waals surface area contributed by atoms with E-state index in [1.165, 1.54) is 107 Å². The lowest BCUT2D eigenvalue weighted by molar-refractivity contribution is 0.0696. The fourth-order valence-electron chi connectivity index (χ4n) is 6.47. The number of H-pyrrole nitrogens is 1. The van der Waals surface area contributed by atoms with Gasteiger partial charge in [-0.2, -0.15) is 0 Å². The van der Waals surface area contributed by atoms with E-state index in [-0.39, 0.29) is 39.0 Å². The van der Waals surface area contributed by atoms with Crippen LogP contribution in [-0.2, 0) is 0 Å². The number of carbonyl (C=O) groups excluding carboxylic acids is 1. The van der Waals surface area contributed by atoms with Crippen molar-refractivity contribution in [1.29, 1.82) is 0 Å². The molecule has 0 aliphatic rings. The van der Waals surface area contributed by atoms with Gasteiger partial charge in [0, 0.05) is 22.7 Å². The zero-order valence-electron chi connectivity index (χ0n) is 31.8. The lowest BCUT2D eigenvalue weighted by Crippen LogP contribution is -2.24. The number of aryl methyl sites for hydroxylation is 1. The molecule has 0 aliphatic heterocycles. The van der Waals surface area contributed by atoms with Crippen LogP contribution >= 0.6 is 11.8 Å². The number of rotatable bonds is 25. The highest BCUT2D eigenvalue weighted by molar-refractivity contribution is 7.99. The summed E-state index contributed by atoms with van der Waals surface area (Å²) in [7, 11) is 0. The highest BCUT2D eigenvalue weighted by Crippen LogP contribution is 2.33. The van der Waals surface area contributed by atoms with Crippen molar-refractivity contribution in [2.75, 3.05) is 11.9 Å². The van der Waals surface area contributed by atoms with Gasteiger partial charge in [-0.3, -0.25) is 14.7 Å². The van der Waals surface area contributed by atoms with Crippen molar-refractivity contribution in [3.8, 4) is 5.69 Å². The normalized spacial score (nSPS) is 11.1. The fraction of sp³-hybridized carbons (Fsp3) is 0.442. The Morgan fingerprint density at radius 2 is 1.24 bits per heavy atom. The minimum Gasteiger partial charge on any atom is -0.478 e. The topological polar surface area (TPSA) is 154 Å². The maximum Gasteiger partial charge on any atom is 0.335 e. The molecule has 290 valence electrons. The van der Waals surface area contributed by atoms with Crippen LogP contribution in [0.1, 0.15) is 146 Å². The number of unbranched alkanes of at least 4 members (excludes halogenated alkanes) is 15. The first-order valence-corrected chi connectivity index (χ1v) is 20.4. The minimum absolute atomic E-state index is 0.176. The number of nitrogens with zero attached hydrogens (tertiary/aromatic N) is 1. The molecular formula is C43H56N4O6S. The third-order valence-electron chi connectivity index (χ3n) is 9.53. The molecule has 0 radical (unpaired) electrons. The summed E-state index contributed by atoms with van der Waals surface area (Å²) in [6, 6.07) is 18.1. The van der Waals surface area contributed by atoms with Gasteiger partial charge in [0.2, 0.25) is 0 Å². The van der Waals surface area contributed by atoms with E-state index in [1.54, 1.807) is 30.3 Å². The van der Waals surface area contributed by atoms with Crippen LogP contribution in [0.25, 0.3) is 5.69 Å². The molecule has 11 heteroatoms. The van der Waals surface area contributed by atoms with Crippen molar-refractivity contribution < 1.29 is 24.6 Å². The molecule has 54 heavy (non-hydrogen) atoms. The summed E-state index contributed by atoms with van der Waals surface area (Å²) >= 11 is 1.14. The molecule has 4 rings (SSSR count).